The molecule has 2 rings (SSSR count). The number of hydrogen-bond acceptors (Lipinski definition) is 5. The highest BCUT2D eigenvalue weighted by atomic mass is 79.9. The molecule has 0 aromatic heterocycles. The minimum Gasteiger partial charge on any atom is -0.497 e. The van der Waals surface area contributed by atoms with Crippen molar-refractivity contribution in [1.82, 2.24) is 9.80 Å². The molecule has 1 atom stereocenters. The summed E-state index contributed by atoms with van der Waals surface area (Å²) in [5, 5.41) is 0. The zero-order valence-corrected chi connectivity index (χ0v) is 17.3. The van der Waals surface area contributed by atoms with Crippen LogP contribution in [0.25, 0.3) is 0 Å². The number of ether oxygens (including phenoxy) is 1. The van der Waals surface area contributed by atoms with Gasteiger partial charge in [-0.1, -0.05) is 0 Å². The van der Waals surface area contributed by atoms with Crippen molar-refractivity contribution in [1.29, 1.82) is 0 Å². The fourth-order valence-corrected chi connectivity index (χ4v) is 5.13. The van der Waals surface area contributed by atoms with Crippen molar-refractivity contribution in [3.05, 3.63) is 28.2 Å². The van der Waals surface area contributed by atoms with Gasteiger partial charge in [0, 0.05) is 17.1 Å². The van der Waals surface area contributed by atoms with Gasteiger partial charge >= 0.3 is 0 Å². The van der Waals surface area contributed by atoms with Crippen molar-refractivity contribution in [3.63, 3.8) is 0 Å². The normalized spacial score (nSPS) is 19.2. The summed E-state index contributed by atoms with van der Waals surface area (Å²) in [5.74, 6) is 0.627. The van der Waals surface area contributed by atoms with Crippen LogP contribution in [0.15, 0.2) is 22.7 Å². The highest BCUT2D eigenvalue weighted by Crippen LogP contribution is 2.27. The molecule has 1 amide bonds. The van der Waals surface area contributed by atoms with Crippen molar-refractivity contribution in [2.75, 3.05) is 45.8 Å². The fraction of sp³-hybridized carbons (Fsp3) is 0.588. The van der Waals surface area contributed by atoms with Gasteiger partial charge in [0.05, 0.1) is 24.2 Å². The van der Waals surface area contributed by atoms with Gasteiger partial charge in [-0.2, -0.15) is 0 Å². The summed E-state index contributed by atoms with van der Waals surface area (Å²) in [7, 11) is 2.44. The summed E-state index contributed by atoms with van der Waals surface area (Å²) in [5.41, 5.74) is 0.494. The molecule has 1 heterocycles. The number of carbonyl (C=O) groups is 1. The Balaban J connectivity index is 2.26. The quantitative estimate of drug-likeness (QED) is 0.659. The molecule has 0 radical (unpaired) electrons. The second-order valence-electron chi connectivity index (χ2n) is 6.56. The third kappa shape index (κ3) is 5.43. The summed E-state index contributed by atoms with van der Waals surface area (Å²) in [6.45, 7) is 1.36. The maximum Gasteiger partial charge on any atom is 0.255 e. The molecular formula is C17H25BrN2O4S. The number of rotatable bonds is 7. The minimum atomic E-state index is -3.06. The zero-order valence-electron chi connectivity index (χ0n) is 14.9. The Morgan fingerprint density at radius 3 is 2.60 bits per heavy atom. The third-order valence-electron chi connectivity index (χ3n) is 4.32. The first kappa shape index (κ1) is 20.2. The molecule has 1 unspecified atom stereocenters. The van der Waals surface area contributed by atoms with Gasteiger partial charge in [-0.3, -0.25) is 4.79 Å². The molecule has 0 N–H and O–H groups in total. The second-order valence-corrected chi connectivity index (χ2v) is 9.64. The van der Waals surface area contributed by atoms with Crippen molar-refractivity contribution >= 4 is 31.7 Å². The van der Waals surface area contributed by atoms with Crippen LogP contribution in [0.5, 0.6) is 5.75 Å². The molecule has 25 heavy (non-hydrogen) atoms. The van der Waals surface area contributed by atoms with E-state index < -0.39 is 9.84 Å². The van der Waals surface area contributed by atoms with E-state index in [1.54, 1.807) is 30.2 Å². The lowest BCUT2D eigenvalue weighted by molar-refractivity contribution is 0.0689. The Bertz CT molecular complexity index is 721. The number of carbonyl (C=O) groups excluding carboxylic acids is 1. The van der Waals surface area contributed by atoms with Crippen LogP contribution in [0, 0.1) is 0 Å². The molecule has 0 bridgehead atoms. The van der Waals surface area contributed by atoms with E-state index >= 15 is 0 Å². The highest BCUT2D eigenvalue weighted by molar-refractivity contribution is 9.10. The lowest BCUT2D eigenvalue weighted by Gasteiger charge is -2.29. The first-order valence-electron chi connectivity index (χ1n) is 8.23. The number of hydrogen-bond donors (Lipinski definition) is 0. The molecular weight excluding hydrogens is 408 g/mol. The third-order valence-corrected chi connectivity index (χ3v) is 6.76. The van der Waals surface area contributed by atoms with Gasteiger partial charge in [0.1, 0.15) is 5.75 Å². The number of methoxy groups -OCH3 is 1. The van der Waals surface area contributed by atoms with Crippen molar-refractivity contribution in [3.8, 4) is 5.75 Å². The van der Waals surface area contributed by atoms with Crippen LogP contribution in [-0.2, 0) is 9.84 Å². The molecule has 8 heteroatoms. The van der Waals surface area contributed by atoms with Gasteiger partial charge in [0.15, 0.2) is 9.84 Å². The topological polar surface area (TPSA) is 66.9 Å². The molecule has 1 aromatic carbocycles. The van der Waals surface area contributed by atoms with Gasteiger partial charge < -0.3 is 14.5 Å². The Labute approximate surface area is 158 Å². The van der Waals surface area contributed by atoms with Crippen molar-refractivity contribution in [2.24, 2.45) is 0 Å². The van der Waals surface area contributed by atoms with Crippen molar-refractivity contribution in [2.45, 2.75) is 18.9 Å². The van der Waals surface area contributed by atoms with Gasteiger partial charge in [-0.15, -0.1) is 0 Å². The van der Waals surface area contributed by atoms with Crippen molar-refractivity contribution < 1.29 is 17.9 Å². The Kier molecular flexibility index (Phi) is 6.87. The average Bonchev–Trinajstić information content (AvgIpc) is 2.91. The predicted octanol–water partition coefficient (Wildman–Crippen LogP) is 2.04. The van der Waals surface area contributed by atoms with E-state index in [1.165, 1.54) is 0 Å². The first-order valence-corrected chi connectivity index (χ1v) is 10.8. The van der Waals surface area contributed by atoms with Crippen LogP contribution < -0.4 is 4.74 Å². The maximum absolute atomic E-state index is 13.1. The Hall–Kier alpha value is -1.12. The van der Waals surface area contributed by atoms with Crippen LogP contribution in [0.2, 0.25) is 0 Å². The second kappa shape index (κ2) is 8.51. The fourth-order valence-electron chi connectivity index (χ4n) is 2.98. The van der Waals surface area contributed by atoms with E-state index in [0.717, 1.165) is 13.0 Å². The van der Waals surface area contributed by atoms with Gasteiger partial charge in [-0.25, -0.2) is 8.42 Å². The minimum absolute atomic E-state index is 0.0439. The maximum atomic E-state index is 13.1. The molecule has 1 saturated heterocycles. The largest absolute Gasteiger partial charge is 0.497 e. The summed E-state index contributed by atoms with van der Waals surface area (Å²) in [6, 6.07) is 4.97. The van der Waals surface area contributed by atoms with E-state index in [9.17, 15) is 13.2 Å². The SMILES string of the molecule is COc1ccc(Br)c(C(=O)N(CCCN(C)C)C2CCS(=O)(=O)C2)c1. The molecule has 1 aromatic rings. The van der Waals surface area contributed by atoms with E-state index in [2.05, 4.69) is 20.8 Å². The van der Waals surface area contributed by atoms with Gasteiger partial charge in [0.2, 0.25) is 0 Å². The lowest BCUT2D eigenvalue weighted by atomic mass is 10.1. The molecule has 6 nitrogen and oxygen atoms in total. The predicted molar refractivity (Wildman–Crippen MR) is 102 cm³/mol. The summed E-state index contributed by atoms with van der Waals surface area (Å²) >= 11 is 3.42. The highest BCUT2D eigenvalue weighted by Gasteiger charge is 2.35. The van der Waals surface area contributed by atoms with Crippen LogP contribution in [0.4, 0.5) is 0 Å². The zero-order chi connectivity index (χ0) is 18.6. The number of amides is 1. The van der Waals surface area contributed by atoms with E-state index in [1.807, 2.05) is 14.1 Å². The van der Waals surface area contributed by atoms with Crippen LogP contribution in [0.1, 0.15) is 23.2 Å². The molecule has 0 saturated carbocycles. The Morgan fingerprint density at radius 2 is 2.04 bits per heavy atom. The Morgan fingerprint density at radius 1 is 1.32 bits per heavy atom. The number of nitrogens with zero attached hydrogens (tertiary/aromatic N) is 2. The molecule has 1 aliphatic heterocycles. The standard InChI is InChI=1S/C17H25BrN2O4S/c1-19(2)8-4-9-20(13-7-10-25(22,23)12-13)17(21)15-11-14(24-3)5-6-16(15)18/h5-6,11,13H,4,7-10,12H2,1-3H3. The number of sulfone groups is 1. The van der Waals surface area contributed by atoms with E-state index in [0.29, 0.717) is 28.8 Å². The molecule has 140 valence electrons. The van der Waals surface area contributed by atoms with E-state index in [4.69, 9.17) is 4.74 Å². The summed E-state index contributed by atoms with van der Waals surface area (Å²) < 4.78 is 29.7. The smallest absolute Gasteiger partial charge is 0.255 e. The molecule has 0 spiro atoms. The molecule has 1 fully saturated rings. The van der Waals surface area contributed by atoms with Crippen LogP contribution >= 0.6 is 15.9 Å². The van der Waals surface area contributed by atoms with E-state index in [-0.39, 0.29) is 23.5 Å². The monoisotopic (exact) mass is 432 g/mol. The van der Waals surface area contributed by atoms with Crippen LogP contribution in [0.3, 0.4) is 0 Å². The molecule has 1 aliphatic rings. The van der Waals surface area contributed by atoms with Crippen LogP contribution in [-0.4, -0.2) is 76.0 Å². The lowest BCUT2D eigenvalue weighted by Crippen LogP contribution is -2.42. The number of halogens is 1. The first-order chi connectivity index (χ1) is 11.7. The van der Waals surface area contributed by atoms with Gasteiger partial charge in [0.25, 0.3) is 5.91 Å². The number of benzene rings is 1. The summed E-state index contributed by atoms with van der Waals surface area (Å²) in [4.78, 5) is 16.9. The molecule has 0 aliphatic carbocycles. The average molecular weight is 433 g/mol. The summed E-state index contributed by atoms with van der Waals surface area (Å²) in [6.07, 6.45) is 1.29. The van der Waals surface area contributed by atoms with Gasteiger partial charge in [-0.05, 0) is 67.6 Å².